The summed E-state index contributed by atoms with van der Waals surface area (Å²) in [5.74, 6) is 2.70. The third kappa shape index (κ3) is 9.47. The summed E-state index contributed by atoms with van der Waals surface area (Å²) in [7, 11) is 0. The Balaban J connectivity index is 1.57. The summed E-state index contributed by atoms with van der Waals surface area (Å²) in [6.07, 6.45) is 7.61. The van der Waals surface area contributed by atoms with Crippen LogP contribution < -0.4 is 20.2 Å². The van der Waals surface area contributed by atoms with Crippen LogP contribution in [0, 0.1) is 12.3 Å². The number of amides is 2. The quantitative estimate of drug-likeness (QED) is 0.135. The first-order chi connectivity index (χ1) is 18.5. The Bertz CT molecular complexity index is 1290. The number of nitrogens with zero attached hydrogens (tertiary/aromatic N) is 1. The predicted molar refractivity (Wildman–Crippen MR) is 150 cm³/mol. The molecule has 0 heterocycles. The monoisotopic (exact) mass is 551 g/mol. The van der Waals surface area contributed by atoms with Crippen LogP contribution in [-0.4, -0.2) is 37.3 Å². The standard InChI is InChI=1S/C29H27Cl2N3O4/c1-2-16-37-26-12-7-6-11-22(26)20-32-34-29(36)25(18-21-9-4-3-5-10-21)33-28(35)13-8-17-38-27-15-14-23(30)19-24(27)31/h1,3-7,9-12,14-15,19-20,25H,8,13,16-18H2,(H,33,35)(H,34,36)/b32-20-/t25-/m1/s1. The number of nitrogens with one attached hydrogen (secondary N) is 2. The summed E-state index contributed by atoms with van der Waals surface area (Å²) in [5, 5.41) is 7.76. The molecular formula is C29H27Cl2N3O4. The average molecular weight is 552 g/mol. The van der Waals surface area contributed by atoms with E-state index in [2.05, 4.69) is 21.8 Å². The molecule has 7 nitrogen and oxygen atoms in total. The van der Waals surface area contributed by atoms with Crippen LogP contribution in [0.1, 0.15) is 24.0 Å². The van der Waals surface area contributed by atoms with Crippen LogP contribution in [0.15, 0.2) is 77.9 Å². The number of carbonyl (C=O) groups is 2. The van der Waals surface area contributed by atoms with Crippen molar-refractivity contribution in [1.29, 1.82) is 0 Å². The molecule has 9 heteroatoms. The van der Waals surface area contributed by atoms with Crippen molar-refractivity contribution in [2.24, 2.45) is 5.10 Å². The molecule has 0 fully saturated rings. The fraction of sp³-hybridized carbons (Fsp3) is 0.207. The molecule has 3 rings (SSSR count). The predicted octanol–water partition coefficient (Wildman–Crippen LogP) is 5.04. The van der Waals surface area contributed by atoms with Crippen molar-refractivity contribution in [3.8, 4) is 23.8 Å². The Morgan fingerprint density at radius 3 is 2.53 bits per heavy atom. The van der Waals surface area contributed by atoms with E-state index in [0.717, 1.165) is 5.56 Å². The van der Waals surface area contributed by atoms with E-state index in [-0.39, 0.29) is 25.5 Å². The van der Waals surface area contributed by atoms with Gasteiger partial charge >= 0.3 is 0 Å². The first-order valence-corrected chi connectivity index (χ1v) is 12.6. The minimum atomic E-state index is -0.832. The summed E-state index contributed by atoms with van der Waals surface area (Å²) in [6.45, 7) is 0.385. The van der Waals surface area contributed by atoms with Crippen molar-refractivity contribution in [2.75, 3.05) is 13.2 Å². The molecule has 0 bridgehead atoms. The second kappa shape index (κ2) is 15.3. The molecule has 2 amide bonds. The van der Waals surface area contributed by atoms with Crippen molar-refractivity contribution in [3.63, 3.8) is 0 Å². The van der Waals surface area contributed by atoms with Crippen LogP contribution in [0.2, 0.25) is 10.0 Å². The highest BCUT2D eigenvalue weighted by Crippen LogP contribution is 2.27. The third-order valence-electron chi connectivity index (χ3n) is 5.24. The normalized spacial score (nSPS) is 11.4. The number of hydrogen-bond donors (Lipinski definition) is 2. The van der Waals surface area contributed by atoms with Gasteiger partial charge in [-0.3, -0.25) is 9.59 Å². The smallest absolute Gasteiger partial charge is 0.262 e. The Labute approximate surface area is 232 Å². The molecule has 1 atom stereocenters. The maximum atomic E-state index is 13.0. The molecule has 0 saturated heterocycles. The molecule has 0 unspecified atom stereocenters. The number of rotatable bonds is 13. The van der Waals surface area contributed by atoms with E-state index < -0.39 is 11.9 Å². The Hall–Kier alpha value is -3.99. The van der Waals surface area contributed by atoms with Crippen LogP contribution in [0.25, 0.3) is 0 Å². The second-order valence-electron chi connectivity index (χ2n) is 8.10. The van der Waals surface area contributed by atoms with Gasteiger partial charge in [-0.2, -0.15) is 5.10 Å². The van der Waals surface area contributed by atoms with E-state index >= 15 is 0 Å². The van der Waals surface area contributed by atoms with Crippen LogP contribution in [0.5, 0.6) is 11.5 Å². The van der Waals surface area contributed by atoms with E-state index in [1.165, 1.54) is 6.21 Å². The van der Waals surface area contributed by atoms with Crippen molar-refractivity contribution in [2.45, 2.75) is 25.3 Å². The largest absolute Gasteiger partial charge is 0.492 e. The van der Waals surface area contributed by atoms with Crippen molar-refractivity contribution < 1.29 is 19.1 Å². The topological polar surface area (TPSA) is 89.0 Å². The summed E-state index contributed by atoms with van der Waals surface area (Å²) in [6, 6.07) is 20.7. The molecule has 3 aromatic carbocycles. The lowest BCUT2D eigenvalue weighted by Crippen LogP contribution is -2.46. The van der Waals surface area contributed by atoms with Gasteiger partial charge in [-0.1, -0.05) is 71.6 Å². The molecule has 38 heavy (non-hydrogen) atoms. The number of para-hydroxylation sites is 1. The number of carbonyl (C=O) groups excluding carboxylic acids is 2. The molecule has 2 N–H and O–H groups in total. The molecule has 0 saturated carbocycles. The van der Waals surface area contributed by atoms with Crippen LogP contribution >= 0.6 is 23.2 Å². The maximum absolute atomic E-state index is 13.0. The highest BCUT2D eigenvalue weighted by Gasteiger charge is 2.21. The minimum absolute atomic E-state index is 0.111. The van der Waals surface area contributed by atoms with Crippen molar-refractivity contribution >= 4 is 41.2 Å². The molecule has 3 aromatic rings. The fourth-order valence-corrected chi connectivity index (χ4v) is 3.88. The number of halogens is 2. The SMILES string of the molecule is C#CCOc1ccccc1/C=N\NC(=O)[C@@H](Cc1ccccc1)NC(=O)CCCOc1ccc(Cl)cc1Cl. The summed E-state index contributed by atoms with van der Waals surface area (Å²) >= 11 is 12.0. The Morgan fingerprint density at radius 2 is 1.76 bits per heavy atom. The van der Waals surface area contributed by atoms with Gasteiger partial charge in [0.25, 0.3) is 5.91 Å². The highest BCUT2D eigenvalue weighted by atomic mass is 35.5. The summed E-state index contributed by atoms with van der Waals surface area (Å²) in [4.78, 5) is 25.6. The van der Waals surface area contributed by atoms with Gasteiger partial charge < -0.3 is 14.8 Å². The zero-order valence-electron chi connectivity index (χ0n) is 20.5. The summed E-state index contributed by atoms with van der Waals surface area (Å²) in [5.41, 5.74) is 4.05. The Morgan fingerprint density at radius 1 is 1.00 bits per heavy atom. The third-order valence-corrected chi connectivity index (χ3v) is 5.77. The van der Waals surface area contributed by atoms with Crippen molar-refractivity contribution in [3.05, 3.63) is 94.0 Å². The lowest BCUT2D eigenvalue weighted by atomic mass is 10.1. The molecule has 0 aromatic heterocycles. The van der Waals surface area contributed by atoms with E-state index in [1.54, 1.807) is 30.3 Å². The number of terminal acetylenes is 1. The molecule has 196 valence electrons. The van der Waals surface area contributed by atoms with Gasteiger partial charge in [-0.05, 0) is 42.3 Å². The average Bonchev–Trinajstić information content (AvgIpc) is 2.91. The first kappa shape index (κ1) is 28.6. The minimum Gasteiger partial charge on any atom is -0.492 e. The fourth-order valence-electron chi connectivity index (χ4n) is 3.41. The van der Waals surface area contributed by atoms with E-state index in [1.807, 2.05) is 42.5 Å². The van der Waals surface area contributed by atoms with E-state index in [4.69, 9.17) is 39.1 Å². The lowest BCUT2D eigenvalue weighted by molar-refractivity contribution is -0.129. The van der Waals surface area contributed by atoms with Crippen LogP contribution in [0.4, 0.5) is 0 Å². The van der Waals surface area contributed by atoms with Crippen molar-refractivity contribution in [1.82, 2.24) is 10.7 Å². The summed E-state index contributed by atoms with van der Waals surface area (Å²) < 4.78 is 11.1. The number of hydrogen-bond acceptors (Lipinski definition) is 5. The molecule has 0 aliphatic carbocycles. The van der Waals surface area contributed by atoms with Crippen LogP contribution in [-0.2, 0) is 16.0 Å². The number of benzene rings is 3. The van der Waals surface area contributed by atoms with Gasteiger partial charge in [0, 0.05) is 23.4 Å². The number of ether oxygens (including phenoxy) is 2. The van der Waals surface area contributed by atoms with Gasteiger partial charge in [0.05, 0.1) is 17.8 Å². The van der Waals surface area contributed by atoms with Gasteiger partial charge in [0.1, 0.15) is 24.1 Å². The van der Waals surface area contributed by atoms with Gasteiger partial charge in [0.2, 0.25) is 5.91 Å². The molecule has 0 aliphatic rings. The lowest BCUT2D eigenvalue weighted by Gasteiger charge is -2.17. The molecule has 0 aliphatic heterocycles. The Kier molecular flexibility index (Phi) is 11.5. The van der Waals surface area contributed by atoms with Gasteiger partial charge in [0.15, 0.2) is 0 Å². The second-order valence-corrected chi connectivity index (χ2v) is 8.95. The zero-order chi connectivity index (χ0) is 27.2. The first-order valence-electron chi connectivity index (χ1n) is 11.9. The zero-order valence-corrected chi connectivity index (χ0v) is 22.0. The van der Waals surface area contributed by atoms with E-state index in [0.29, 0.717) is 39.9 Å². The molecule has 0 spiro atoms. The maximum Gasteiger partial charge on any atom is 0.262 e. The van der Waals surface area contributed by atoms with Gasteiger partial charge in [-0.25, -0.2) is 5.43 Å². The number of hydrazone groups is 1. The molecular weight excluding hydrogens is 525 g/mol. The van der Waals surface area contributed by atoms with Gasteiger partial charge in [-0.15, -0.1) is 6.42 Å². The highest BCUT2D eigenvalue weighted by molar-refractivity contribution is 6.35. The van der Waals surface area contributed by atoms with Crippen LogP contribution in [0.3, 0.4) is 0 Å². The van der Waals surface area contributed by atoms with E-state index in [9.17, 15) is 9.59 Å². The molecule has 0 radical (unpaired) electrons.